The largest absolute Gasteiger partial charge is 0.484 e. The third kappa shape index (κ3) is 3.72. The highest BCUT2D eigenvalue weighted by Gasteiger charge is 2.46. The van der Waals surface area contributed by atoms with Gasteiger partial charge in [0, 0.05) is 19.2 Å². The SMILES string of the molecule is O=C(O)[C@H]1CN(C(=O)COc2ccc(Cl)c(Cl)c2)C[C@@H]1C1CC1. The number of amides is 1. The van der Waals surface area contributed by atoms with Crippen molar-refractivity contribution in [2.24, 2.45) is 17.8 Å². The topological polar surface area (TPSA) is 66.8 Å². The molecule has 0 radical (unpaired) electrons. The number of nitrogens with zero attached hydrogens (tertiary/aromatic N) is 1. The smallest absolute Gasteiger partial charge is 0.308 e. The molecule has 0 spiro atoms. The summed E-state index contributed by atoms with van der Waals surface area (Å²) in [6.45, 7) is 0.632. The molecule has 5 nitrogen and oxygen atoms in total. The molecule has 2 aliphatic rings. The van der Waals surface area contributed by atoms with E-state index in [4.69, 9.17) is 27.9 Å². The van der Waals surface area contributed by atoms with Gasteiger partial charge in [-0.25, -0.2) is 0 Å². The van der Waals surface area contributed by atoms with Crippen molar-refractivity contribution >= 4 is 35.1 Å². The molecule has 124 valence electrons. The quantitative estimate of drug-likeness (QED) is 0.879. The zero-order valence-electron chi connectivity index (χ0n) is 12.4. The Labute approximate surface area is 144 Å². The van der Waals surface area contributed by atoms with Crippen molar-refractivity contribution in [2.75, 3.05) is 19.7 Å². The van der Waals surface area contributed by atoms with Crippen LogP contribution in [0.5, 0.6) is 5.75 Å². The maximum Gasteiger partial charge on any atom is 0.308 e. The minimum Gasteiger partial charge on any atom is -0.484 e. The molecule has 7 heteroatoms. The van der Waals surface area contributed by atoms with Crippen LogP contribution in [-0.2, 0) is 9.59 Å². The molecule has 0 unspecified atom stereocenters. The Kier molecular flexibility index (Phi) is 4.69. The third-order valence-electron chi connectivity index (χ3n) is 4.52. The van der Waals surface area contributed by atoms with Gasteiger partial charge in [-0.3, -0.25) is 9.59 Å². The van der Waals surface area contributed by atoms with Crippen molar-refractivity contribution in [3.05, 3.63) is 28.2 Å². The van der Waals surface area contributed by atoms with Gasteiger partial charge < -0.3 is 14.7 Å². The number of ether oxygens (including phenoxy) is 1. The lowest BCUT2D eigenvalue weighted by Crippen LogP contribution is -2.33. The lowest BCUT2D eigenvalue weighted by molar-refractivity contribution is -0.142. The minimum absolute atomic E-state index is 0.0708. The Hall–Kier alpha value is -1.46. The van der Waals surface area contributed by atoms with Crippen LogP contribution in [0.15, 0.2) is 18.2 Å². The molecular weight excluding hydrogens is 341 g/mol. The fraction of sp³-hybridized carbons (Fsp3) is 0.500. The molecule has 2 fully saturated rings. The second-order valence-corrected chi connectivity index (χ2v) is 6.92. The van der Waals surface area contributed by atoms with Gasteiger partial charge in [0.15, 0.2) is 6.61 Å². The van der Waals surface area contributed by atoms with Crippen molar-refractivity contribution in [3.8, 4) is 5.75 Å². The van der Waals surface area contributed by atoms with Crippen molar-refractivity contribution in [1.29, 1.82) is 0 Å². The minimum atomic E-state index is -0.817. The van der Waals surface area contributed by atoms with Gasteiger partial charge in [-0.05, 0) is 36.8 Å². The average Bonchev–Trinajstić information content (AvgIpc) is 3.26. The number of carbonyl (C=O) groups excluding carboxylic acids is 1. The lowest BCUT2D eigenvalue weighted by atomic mass is 9.92. The molecule has 1 heterocycles. The number of likely N-dealkylation sites (tertiary alicyclic amines) is 1. The van der Waals surface area contributed by atoms with Gasteiger partial charge in [-0.2, -0.15) is 0 Å². The molecule has 0 aromatic heterocycles. The summed E-state index contributed by atoms with van der Waals surface area (Å²) < 4.78 is 5.44. The van der Waals surface area contributed by atoms with E-state index < -0.39 is 11.9 Å². The van der Waals surface area contributed by atoms with E-state index in [1.165, 1.54) is 0 Å². The van der Waals surface area contributed by atoms with E-state index in [2.05, 4.69) is 0 Å². The summed E-state index contributed by atoms with van der Waals surface area (Å²) in [4.78, 5) is 25.2. The molecule has 1 aromatic rings. The first-order valence-electron chi connectivity index (χ1n) is 7.54. The van der Waals surface area contributed by atoms with E-state index in [9.17, 15) is 14.7 Å². The van der Waals surface area contributed by atoms with E-state index in [1.807, 2.05) is 0 Å². The number of carboxylic acid groups (broad SMARTS) is 1. The standard InChI is InChI=1S/C16H17Cl2NO4/c17-13-4-3-10(5-14(13)18)23-8-15(20)19-6-11(9-1-2-9)12(7-19)16(21)22/h3-5,9,11-12H,1-2,6-8H2,(H,21,22)/t11-,12+/m1/s1. The van der Waals surface area contributed by atoms with Gasteiger partial charge in [0.05, 0.1) is 16.0 Å². The number of hydrogen-bond acceptors (Lipinski definition) is 3. The Balaban J connectivity index is 1.58. The second-order valence-electron chi connectivity index (χ2n) is 6.11. The second kappa shape index (κ2) is 6.57. The molecule has 23 heavy (non-hydrogen) atoms. The highest BCUT2D eigenvalue weighted by atomic mass is 35.5. The Morgan fingerprint density at radius 1 is 1.22 bits per heavy atom. The summed E-state index contributed by atoms with van der Waals surface area (Å²) in [5.74, 6) is -0.503. The molecule has 3 rings (SSSR count). The normalized spacial score (nSPS) is 23.8. The summed E-state index contributed by atoms with van der Waals surface area (Å²) >= 11 is 11.7. The number of benzene rings is 1. The van der Waals surface area contributed by atoms with Gasteiger partial charge in [-0.15, -0.1) is 0 Å². The Bertz CT molecular complexity index is 633. The van der Waals surface area contributed by atoms with E-state index in [0.717, 1.165) is 12.8 Å². The zero-order valence-corrected chi connectivity index (χ0v) is 13.9. The van der Waals surface area contributed by atoms with E-state index >= 15 is 0 Å². The number of carbonyl (C=O) groups is 2. The summed E-state index contributed by atoms with van der Waals surface area (Å²) in [6, 6.07) is 4.79. The van der Waals surface area contributed by atoms with Crippen LogP contribution in [0.3, 0.4) is 0 Å². The van der Waals surface area contributed by atoms with Gasteiger partial charge in [0.2, 0.25) is 0 Å². The van der Waals surface area contributed by atoms with Crippen molar-refractivity contribution in [3.63, 3.8) is 0 Å². The molecule has 1 N–H and O–H groups in total. The zero-order chi connectivity index (χ0) is 16.6. The van der Waals surface area contributed by atoms with Gasteiger partial charge in [-0.1, -0.05) is 23.2 Å². The van der Waals surface area contributed by atoms with Crippen LogP contribution in [0.25, 0.3) is 0 Å². The van der Waals surface area contributed by atoms with Crippen LogP contribution in [0.4, 0.5) is 0 Å². The molecule has 1 aliphatic heterocycles. The molecule has 1 aliphatic carbocycles. The van der Waals surface area contributed by atoms with Crippen LogP contribution in [0, 0.1) is 17.8 Å². The van der Waals surface area contributed by atoms with Crippen molar-refractivity contribution in [2.45, 2.75) is 12.8 Å². The number of rotatable bonds is 5. The maximum absolute atomic E-state index is 12.3. The summed E-state index contributed by atoms with van der Waals surface area (Å²) in [6.07, 6.45) is 2.13. The first-order chi connectivity index (χ1) is 11.0. The number of aliphatic carboxylic acids is 1. The highest BCUT2D eigenvalue weighted by Crippen LogP contribution is 2.44. The fourth-order valence-corrected chi connectivity index (χ4v) is 3.39. The van der Waals surface area contributed by atoms with E-state index in [-0.39, 0.29) is 25.0 Å². The summed E-state index contributed by atoms with van der Waals surface area (Å²) in [5, 5.41) is 10.1. The Morgan fingerprint density at radius 3 is 2.57 bits per heavy atom. The van der Waals surface area contributed by atoms with Crippen LogP contribution in [-0.4, -0.2) is 41.6 Å². The predicted octanol–water partition coefficient (Wildman–Crippen LogP) is 2.94. The first-order valence-corrected chi connectivity index (χ1v) is 8.29. The molecule has 1 amide bonds. The first kappa shape index (κ1) is 16.4. The predicted molar refractivity (Wildman–Crippen MR) is 85.9 cm³/mol. The Morgan fingerprint density at radius 2 is 1.96 bits per heavy atom. The van der Waals surface area contributed by atoms with Crippen molar-refractivity contribution < 1.29 is 19.4 Å². The summed E-state index contributed by atoms with van der Waals surface area (Å²) in [7, 11) is 0. The van der Waals surface area contributed by atoms with Crippen LogP contribution in [0.1, 0.15) is 12.8 Å². The lowest BCUT2D eigenvalue weighted by Gasteiger charge is -2.16. The van der Waals surface area contributed by atoms with Crippen LogP contribution >= 0.6 is 23.2 Å². The van der Waals surface area contributed by atoms with Gasteiger partial charge in [0.1, 0.15) is 5.75 Å². The monoisotopic (exact) mass is 357 g/mol. The van der Waals surface area contributed by atoms with Gasteiger partial charge in [0.25, 0.3) is 5.91 Å². The maximum atomic E-state index is 12.3. The molecule has 1 aromatic carbocycles. The van der Waals surface area contributed by atoms with Crippen LogP contribution in [0.2, 0.25) is 10.0 Å². The molecule has 1 saturated carbocycles. The molecule has 0 bridgehead atoms. The van der Waals surface area contributed by atoms with E-state index in [0.29, 0.717) is 28.3 Å². The number of carboxylic acids is 1. The van der Waals surface area contributed by atoms with Crippen molar-refractivity contribution in [1.82, 2.24) is 4.90 Å². The number of hydrogen-bond donors (Lipinski definition) is 1. The molecule has 1 saturated heterocycles. The fourth-order valence-electron chi connectivity index (χ4n) is 3.10. The van der Waals surface area contributed by atoms with E-state index in [1.54, 1.807) is 23.1 Å². The summed E-state index contributed by atoms with van der Waals surface area (Å²) in [5.41, 5.74) is 0. The average molecular weight is 358 g/mol. The molecule has 2 atom stereocenters. The highest BCUT2D eigenvalue weighted by molar-refractivity contribution is 6.42. The number of halogens is 2. The van der Waals surface area contributed by atoms with Crippen LogP contribution < -0.4 is 4.74 Å². The molecular formula is C16H17Cl2NO4. The third-order valence-corrected chi connectivity index (χ3v) is 5.25. The van der Waals surface area contributed by atoms with Gasteiger partial charge >= 0.3 is 5.97 Å².